The van der Waals surface area contributed by atoms with Gasteiger partial charge in [-0.3, -0.25) is 9.98 Å². The molecule has 0 saturated carbocycles. The van der Waals surface area contributed by atoms with Crippen molar-refractivity contribution in [2.24, 2.45) is 15.9 Å². The fourth-order valence-corrected chi connectivity index (χ4v) is 4.18. The van der Waals surface area contributed by atoms with E-state index in [1.54, 1.807) is 25.7 Å². The highest BCUT2D eigenvalue weighted by atomic mass is 32.2. The van der Waals surface area contributed by atoms with Crippen LogP contribution in [0.25, 0.3) is 0 Å². The third-order valence-electron chi connectivity index (χ3n) is 4.82. The third-order valence-corrected chi connectivity index (χ3v) is 5.69. The Morgan fingerprint density at radius 1 is 1.52 bits per heavy atom. The van der Waals surface area contributed by atoms with Crippen LogP contribution in [0.4, 0.5) is 4.39 Å². The van der Waals surface area contributed by atoms with E-state index in [0.717, 1.165) is 29.4 Å². The Hall–Kier alpha value is -1.62. The van der Waals surface area contributed by atoms with Crippen molar-refractivity contribution < 1.29 is 4.39 Å². The van der Waals surface area contributed by atoms with E-state index in [-0.39, 0.29) is 0 Å². The second-order valence-corrected chi connectivity index (χ2v) is 8.07. The van der Waals surface area contributed by atoms with E-state index >= 15 is 0 Å². The summed E-state index contributed by atoms with van der Waals surface area (Å²) in [4.78, 5) is 12.7. The first-order chi connectivity index (χ1) is 13.0. The van der Waals surface area contributed by atoms with Gasteiger partial charge in [0.25, 0.3) is 0 Å². The van der Waals surface area contributed by atoms with Crippen molar-refractivity contribution in [1.29, 1.82) is 0 Å². The van der Waals surface area contributed by atoms with Gasteiger partial charge in [-0.15, -0.1) is 0 Å². The summed E-state index contributed by atoms with van der Waals surface area (Å²) < 4.78 is 13.1. The standard InChI is InChI=1S/C22H32FN3S/c1-6-9-18-13-21-19(20(24-5)11-8-10-16(3)23)14-25-22(26(21)15-18)17(4)27-12-7-2/h7-8,11-12,16,18H,4,6,9-10,13-15H2,1-3,5H3/b11-8-,12-7-,24-20+. The molecule has 0 aromatic rings. The Labute approximate surface area is 167 Å². The molecular weight excluding hydrogens is 357 g/mol. The molecule has 0 amide bonds. The first kappa shape index (κ1) is 21.7. The van der Waals surface area contributed by atoms with Crippen molar-refractivity contribution in [1.82, 2.24) is 4.90 Å². The molecule has 2 unspecified atom stereocenters. The number of alkyl halides is 1. The molecule has 2 atom stereocenters. The minimum absolute atomic E-state index is 0.412. The summed E-state index contributed by atoms with van der Waals surface area (Å²) in [5, 5.41) is 2.04. The van der Waals surface area contributed by atoms with Crippen LogP contribution in [-0.2, 0) is 0 Å². The van der Waals surface area contributed by atoms with Crippen LogP contribution in [-0.4, -0.2) is 42.8 Å². The summed E-state index contributed by atoms with van der Waals surface area (Å²) in [6, 6.07) is 0. The van der Waals surface area contributed by atoms with Gasteiger partial charge in [-0.2, -0.15) is 0 Å². The first-order valence-electron chi connectivity index (χ1n) is 9.80. The van der Waals surface area contributed by atoms with Crippen LogP contribution in [0.2, 0.25) is 0 Å². The van der Waals surface area contributed by atoms with E-state index in [4.69, 9.17) is 4.99 Å². The van der Waals surface area contributed by atoms with E-state index in [0.29, 0.717) is 18.9 Å². The van der Waals surface area contributed by atoms with Crippen LogP contribution in [0.1, 0.15) is 46.5 Å². The first-order valence-corrected chi connectivity index (χ1v) is 10.7. The predicted molar refractivity (Wildman–Crippen MR) is 118 cm³/mol. The van der Waals surface area contributed by atoms with Crippen molar-refractivity contribution in [3.63, 3.8) is 0 Å². The molecular formula is C22H32FN3S. The molecule has 1 fully saturated rings. The molecule has 0 aliphatic carbocycles. The number of hydrogen-bond acceptors (Lipinski definition) is 4. The van der Waals surface area contributed by atoms with Crippen LogP contribution in [0.5, 0.6) is 0 Å². The molecule has 0 aromatic heterocycles. The maximum Gasteiger partial charge on any atom is 0.141 e. The summed E-state index contributed by atoms with van der Waals surface area (Å²) in [6.45, 7) is 11.7. The second kappa shape index (κ2) is 10.6. The molecule has 2 aliphatic heterocycles. The normalized spacial score (nSPS) is 22.0. The minimum atomic E-state index is -0.836. The number of hydrogen-bond donors (Lipinski definition) is 0. The second-order valence-electron chi connectivity index (χ2n) is 7.07. The number of allylic oxidation sites excluding steroid dienone is 4. The SMILES string of the molecule is C=C(S/C=C\C)C1=NCC(C(/C=C\CC(C)F)=N/C)=C2CC(CCC)CN12. The van der Waals surface area contributed by atoms with Crippen molar-refractivity contribution in [2.75, 3.05) is 20.1 Å². The number of halogens is 1. The lowest BCUT2D eigenvalue weighted by atomic mass is 9.98. The topological polar surface area (TPSA) is 28.0 Å². The Kier molecular flexibility index (Phi) is 8.55. The van der Waals surface area contributed by atoms with E-state index in [1.807, 2.05) is 30.6 Å². The van der Waals surface area contributed by atoms with Crippen molar-refractivity contribution in [3.05, 3.63) is 46.4 Å². The summed E-state index contributed by atoms with van der Waals surface area (Å²) in [7, 11) is 1.80. The largest absolute Gasteiger partial charge is 0.329 e. The average Bonchev–Trinajstić information content (AvgIpc) is 3.06. The summed E-state index contributed by atoms with van der Waals surface area (Å²) in [5.74, 6) is 1.63. The van der Waals surface area contributed by atoms with E-state index in [2.05, 4.69) is 23.4 Å². The molecule has 1 saturated heterocycles. The zero-order chi connectivity index (χ0) is 19.8. The smallest absolute Gasteiger partial charge is 0.141 e. The van der Waals surface area contributed by atoms with Crippen LogP contribution in [0, 0.1) is 5.92 Å². The lowest BCUT2D eigenvalue weighted by molar-refractivity contribution is 0.365. The minimum Gasteiger partial charge on any atom is -0.329 e. The summed E-state index contributed by atoms with van der Waals surface area (Å²) in [6.07, 6.45) is 8.87. The van der Waals surface area contributed by atoms with Crippen LogP contribution in [0.15, 0.2) is 56.4 Å². The van der Waals surface area contributed by atoms with Gasteiger partial charge in [0.15, 0.2) is 0 Å². The van der Waals surface area contributed by atoms with Gasteiger partial charge in [0.2, 0.25) is 0 Å². The molecule has 148 valence electrons. The highest BCUT2D eigenvalue weighted by Gasteiger charge is 2.35. The number of fused-ring (bicyclic) bond motifs is 1. The van der Waals surface area contributed by atoms with Gasteiger partial charge in [-0.1, -0.05) is 43.8 Å². The number of amidine groups is 1. The van der Waals surface area contributed by atoms with E-state index < -0.39 is 6.17 Å². The number of thioether (sulfide) groups is 1. The Bertz CT molecular complexity index is 686. The molecule has 5 heteroatoms. The van der Waals surface area contributed by atoms with Gasteiger partial charge in [-0.05, 0) is 50.5 Å². The fourth-order valence-electron chi connectivity index (χ4n) is 3.60. The lowest BCUT2D eigenvalue weighted by Crippen LogP contribution is -2.33. The lowest BCUT2D eigenvalue weighted by Gasteiger charge is -2.29. The van der Waals surface area contributed by atoms with Crippen molar-refractivity contribution in [2.45, 2.75) is 52.6 Å². The predicted octanol–water partition coefficient (Wildman–Crippen LogP) is 5.93. The Balaban J connectivity index is 2.30. The number of nitrogens with zero attached hydrogens (tertiary/aromatic N) is 3. The molecule has 2 rings (SSSR count). The molecule has 2 aliphatic rings. The van der Waals surface area contributed by atoms with Gasteiger partial charge in [0.1, 0.15) is 12.0 Å². The zero-order valence-electron chi connectivity index (χ0n) is 17.0. The fraction of sp³-hybridized carbons (Fsp3) is 0.545. The maximum atomic E-state index is 13.1. The number of aliphatic imine (C=N–C) groups is 2. The maximum absolute atomic E-state index is 13.1. The van der Waals surface area contributed by atoms with Gasteiger partial charge >= 0.3 is 0 Å². The molecule has 3 nitrogen and oxygen atoms in total. The molecule has 0 bridgehead atoms. The Morgan fingerprint density at radius 3 is 2.93 bits per heavy atom. The van der Waals surface area contributed by atoms with Gasteiger partial charge in [-0.25, -0.2) is 4.39 Å². The average molecular weight is 390 g/mol. The Morgan fingerprint density at radius 2 is 2.30 bits per heavy atom. The van der Waals surface area contributed by atoms with Crippen molar-refractivity contribution >= 4 is 23.3 Å². The third kappa shape index (κ3) is 5.68. The van der Waals surface area contributed by atoms with Crippen LogP contribution in [0.3, 0.4) is 0 Å². The molecule has 0 N–H and O–H groups in total. The summed E-state index contributed by atoms with van der Waals surface area (Å²) >= 11 is 1.62. The number of rotatable bonds is 9. The van der Waals surface area contributed by atoms with Gasteiger partial charge in [0, 0.05) is 29.8 Å². The van der Waals surface area contributed by atoms with Gasteiger partial charge in [0.05, 0.1) is 12.3 Å². The quantitative estimate of drug-likeness (QED) is 0.457. The van der Waals surface area contributed by atoms with E-state index in [9.17, 15) is 4.39 Å². The van der Waals surface area contributed by atoms with E-state index in [1.165, 1.54) is 24.1 Å². The molecule has 0 radical (unpaired) electrons. The van der Waals surface area contributed by atoms with Crippen molar-refractivity contribution in [3.8, 4) is 0 Å². The van der Waals surface area contributed by atoms with Gasteiger partial charge < -0.3 is 4.90 Å². The highest BCUT2D eigenvalue weighted by Crippen LogP contribution is 2.37. The molecule has 0 spiro atoms. The highest BCUT2D eigenvalue weighted by molar-refractivity contribution is 8.06. The molecule has 27 heavy (non-hydrogen) atoms. The van der Waals surface area contributed by atoms with Crippen LogP contribution >= 0.6 is 11.8 Å². The summed E-state index contributed by atoms with van der Waals surface area (Å²) in [5.41, 5.74) is 3.41. The molecule has 2 heterocycles. The van der Waals surface area contributed by atoms with Crippen LogP contribution < -0.4 is 0 Å². The monoisotopic (exact) mass is 389 g/mol. The zero-order valence-corrected chi connectivity index (χ0v) is 17.9. The molecule has 0 aromatic carbocycles.